The molecule has 0 aliphatic heterocycles. The van der Waals surface area contributed by atoms with Gasteiger partial charge in [0, 0.05) is 30.8 Å². The molecule has 0 N–H and O–H groups in total. The summed E-state index contributed by atoms with van der Waals surface area (Å²) in [5, 5.41) is 12.1. The van der Waals surface area contributed by atoms with Crippen LogP contribution in [-0.4, -0.2) is 0 Å². The highest BCUT2D eigenvalue weighted by Gasteiger charge is 2.22. The van der Waals surface area contributed by atoms with E-state index in [4.69, 9.17) is 6.57 Å². The van der Waals surface area contributed by atoms with Crippen molar-refractivity contribution in [1.29, 1.82) is 5.26 Å². The zero-order valence-electron chi connectivity index (χ0n) is 15.5. The molecule has 4 rings (SSSR count). The molecule has 2 aromatic heterocycles. The van der Waals surface area contributed by atoms with Gasteiger partial charge in [-0.1, -0.05) is 43.0 Å². The van der Waals surface area contributed by atoms with Gasteiger partial charge in [-0.05, 0) is 41.8 Å². The minimum absolute atomic E-state index is 0.438. The van der Waals surface area contributed by atoms with Crippen molar-refractivity contribution in [2.24, 2.45) is 0 Å². The Hall–Kier alpha value is -3.18. The molecule has 0 fully saturated rings. The Kier molecular flexibility index (Phi) is 4.61. The molecular weight excluding hydrogens is 380 g/mol. The maximum atomic E-state index is 10.1. The number of allylic oxidation sites excluding steroid dienone is 1. The molecule has 0 unspecified atom stereocenters. The molecule has 0 aliphatic carbocycles. The van der Waals surface area contributed by atoms with Crippen molar-refractivity contribution < 1.29 is 0 Å². The summed E-state index contributed by atoms with van der Waals surface area (Å²) in [4.78, 5) is 5.96. The highest BCUT2D eigenvalue weighted by Crippen LogP contribution is 2.43. The van der Waals surface area contributed by atoms with Gasteiger partial charge in [-0.2, -0.15) is 5.26 Å². The van der Waals surface area contributed by atoms with Gasteiger partial charge in [0.25, 0.3) is 0 Å². The topological polar surface area (TPSA) is 28.1 Å². The number of nitriles is 1. The molecule has 0 amide bonds. The van der Waals surface area contributed by atoms with Gasteiger partial charge in [0.15, 0.2) is 0 Å². The Morgan fingerprint density at radius 1 is 1.04 bits per heavy atom. The molecule has 0 aliphatic rings. The maximum Gasteiger partial charge on any atom is 0.214 e. The summed E-state index contributed by atoms with van der Waals surface area (Å²) in [6.45, 7) is 15.8. The third-order valence-electron chi connectivity index (χ3n) is 4.84. The van der Waals surface area contributed by atoms with E-state index in [-0.39, 0.29) is 0 Å². The van der Waals surface area contributed by atoms with E-state index in [1.54, 1.807) is 22.7 Å². The van der Waals surface area contributed by atoms with Gasteiger partial charge in [-0.3, -0.25) is 0 Å². The van der Waals surface area contributed by atoms with Crippen molar-refractivity contribution in [1.82, 2.24) is 0 Å². The molecular formula is C24H16N2S2. The second-order valence-corrected chi connectivity index (χ2v) is 8.98. The highest BCUT2D eigenvalue weighted by molar-refractivity contribution is 7.19. The van der Waals surface area contributed by atoms with Crippen LogP contribution in [0.15, 0.2) is 49.0 Å². The fourth-order valence-electron chi connectivity index (χ4n) is 3.60. The third kappa shape index (κ3) is 2.75. The summed E-state index contributed by atoms with van der Waals surface area (Å²) in [6, 6.07) is 16.5. The number of benzene rings is 2. The molecule has 0 radical (unpaired) electrons. The van der Waals surface area contributed by atoms with Gasteiger partial charge >= 0.3 is 0 Å². The predicted octanol–water partition coefficient (Wildman–Crippen LogP) is 7.69. The third-order valence-corrected chi connectivity index (χ3v) is 7.00. The van der Waals surface area contributed by atoms with Crippen LogP contribution in [0.5, 0.6) is 0 Å². The van der Waals surface area contributed by atoms with Crippen LogP contribution in [0.25, 0.3) is 42.4 Å². The first-order valence-electron chi connectivity index (χ1n) is 8.75. The monoisotopic (exact) mass is 396 g/mol. The zero-order valence-corrected chi connectivity index (χ0v) is 17.2. The highest BCUT2D eigenvalue weighted by atomic mass is 32.1. The lowest BCUT2D eigenvalue weighted by molar-refractivity contribution is 1.51. The Morgan fingerprint density at radius 2 is 1.71 bits per heavy atom. The molecule has 2 heterocycles. The van der Waals surface area contributed by atoms with E-state index in [1.807, 2.05) is 50.3 Å². The van der Waals surface area contributed by atoms with Crippen LogP contribution in [0.4, 0.5) is 0 Å². The minimum atomic E-state index is 0.438. The first-order chi connectivity index (χ1) is 13.6. The van der Waals surface area contributed by atoms with Crippen molar-refractivity contribution in [2.45, 2.75) is 13.8 Å². The minimum Gasteiger partial charge on any atom is -0.236 e. The average Bonchev–Trinajstić information content (AvgIpc) is 3.21. The van der Waals surface area contributed by atoms with Gasteiger partial charge in [-0.15, -0.1) is 22.7 Å². The van der Waals surface area contributed by atoms with E-state index in [0.29, 0.717) is 11.3 Å². The maximum absolute atomic E-state index is 10.1. The molecule has 2 aromatic carbocycles. The molecule has 0 saturated heterocycles. The van der Waals surface area contributed by atoms with E-state index in [1.165, 1.54) is 0 Å². The number of hydrogen-bond donors (Lipinski definition) is 0. The summed E-state index contributed by atoms with van der Waals surface area (Å²) in [7, 11) is 0. The van der Waals surface area contributed by atoms with E-state index in [0.717, 1.165) is 46.6 Å². The number of rotatable bonds is 3. The largest absolute Gasteiger partial charge is 0.236 e. The number of fused-ring (bicyclic) bond motifs is 2. The molecule has 2 nitrogen and oxygen atoms in total. The lowest BCUT2D eigenvalue weighted by Gasteiger charge is -2.06. The second kappa shape index (κ2) is 7.09. The average molecular weight is 397 g/mol. The van der Waals surface area contributed by atoms with Crippen LogP contribution in [0.2, 0.25) is 0 Å². The molecule has 0 spiro atoms. The fourth-order valence-corrected chi connectivity index (χ4v) is 5.78. The standard InChI is InChI=1S/C24H16N2S2/c1-5-16-10-11-18-21(12-16)28-14(2)22(18)19(13-25)24(26-4)23-15(3)27-20-9-7-6-8-17(20)23/h5-12H,1H2,2-3H3/b24-19+. The molecule has 4 heteroatoms. The van der Waals surface area contributed by atoms with Gasteiger partial charge in [0.1, 0.15) is 0 Å². The molecule has 134 valence electrons. The molecule has 0 saturated carbocycles. The van der Waals surface area contributed by atoms with Crippen molar-refractivity contribution in [3.8, 4) is 6.07 Å². The van der Waals surface area contributed by atoms with Crippen LogP contribution in [-0.2, 0) is 0 Å². The lowest BCUT2D eigenvalue weighted by atomic mass is 9.96. The molecule has 0 atom stereocenters. The number of thiophene rings is 2. The van der Waals surface area contributed by atoms with Gasteiger partial charge in [-0.25, -0.2) is 4.85 Å². The van der Waals surface area contributed by atoms with Crippen molar-refractivity contribution in [3.63, 3.8) is 0 Å². The molecule has 0 bridgehead atoms. The predicted molar refractivity (Wildman–Crippen MR) is 122 cm³/mol. The first-order valence-corrected chi connectivity index (χ1v) is 10.4. The molecule has 4 aromatic rings. The van der Waals surface area contributed by atoms with Gasteiger partial charge in [0.05, 0.1) is 18.2 Å². The quantitative estimate of drug-likeness (QED) is 0.258. The summed E-state index contributed by atoms with van der Waals surface area (Å²) < 4.78 is 2.24. The van der Waals surface area contributed by atoms with Crippen molar-refractivity contribution in [3.05, 3.63) is 86.9 Å². The van der Waals surface area contributed by atoms with Crippen LogP contribution in [0.3, 0.4) is 0 Å². The lowest BCUT2D eigenvalue weighted by Crippen LogP contribution is -1.90. The van der Waals surface area contributed by atoms with Gasteiger partial charge in [0.2, 0.25) is 5.70 Å². The second-order valence-electron chi connectivity index (χ2n) is 6.47. The number of hydrogen-bond acceptors (Lipinski definition) is 3. The summed E-state index contributed by atoms with van der Waals surface area (Å²) in [5.74, 6) is 0. The summed E-state index contributed by atoms with van der Waals surface area (Å²) in [6.07, 6.45) is 1.82. The van der Waals surface area contributed by atoms with E-state index in [9.17, 15) is 5.26 Å². The van der Waals surface area contributed by atoms with E-state index < -0.39 is 0 Å². The Balaban J connectivity index is 2.08. The Labute approximate surface area is 172 Å². The van der Waals surface area contributed by atoms with E-state index >= 15 is 0 Å². The van der Waals surface area contributed by atoms with E-state index in [2.05, 4.69) is 29.6 Å². The number of aryl methyl sites for hydroxylation is 2. The Morgan fingerprint density at radius 3 is 2.43 bits per heavy atom. The normalized spacial score (nSPS) is 11.9. The van der Waals surface area contributed by atoms with Gasteiger partial charge < -0.3 is 0 Å². The first kappa shape index (κ1) is 18.2. The van der Waals surface area contributed by atoms with Crippen LogP contribution >= 0.6 is 22.7 Å². The van der Waals surface area contributed by atoms with Crippen molar-refractivity contribution >= 4 is 60.2 Å². The number of nitrogens with zero attached hydrogens (tertiary/aromatic N) is 2. The van der Waals surface area contributed by atoms with Crippen molar-refractivity contribution in [2.75, 3.05) is 0 Å². The SMILES string of the molecule is [C-]#[N+]/C(=C(\C#N)c1c(C)sc2cc(C=C)ccc12)c1c(C)sc2ccccc12. The Bertz CT molecular complexity index is 1370. The fraction of sp³-hybridized carbons (Fsp3) is 0.0833. The summed E-state index contributed by atoms with van der Waals surface area (Å²) >= 11 is 3.32. The zero-order chi connectivity index (χ0) is 19.8. The van der Waals surface area contributed by atoms with Crippen LogP contribution in [0, 0.1) is 31.8 Å². The smallest absolute Gasteiger partial charge is 0.214 e. The van der Waals surface area contributed by atoms with Crippen LogP contribution < -0.4 is 0 Å². The molecule has 28 heavy (non-hydrogen) atoms. The summed E-state index contributed by atoms with van der Waals surface area (Å²) in [5.41, 5.74) is 3.70. The van der Waals surface area contributed by atoms with Crippen LogP contribution in [0.1, 0.15) is 26.4 Å².